The smallest absolute Gasteiger partial charge is 0.233 e. The number of aromatic nitrogens is 2. The van der Waals surface area contributed by atoms with Crippen LogP contribution < -0.4 is 14.4 Å². The summed E-state index contributed by atoms with van der Waals surface area (Å²) in [5.74, 6) is 0.877. The van der Waals surface area contributed by atoms with Crippen LogP contribution in [-0.4, -0.2) is 59.5 Å². The van der Waals surface area contributed by atoms with E-state index < -0.39 is 0 Å². The number of fused-ring (bicyclic) bond motifs is 1. The Bertz CT molecular complexity index is 1180. The molecule has 0 saturated carbocycles. The molecule has 2 saturated heterocycles. The monoisotopic (exact) mass is 446 g/mol. The first-order chi connectivity index (χ1) is 16.1. The van der Waals surface area contributed by atoms with E-state index in [1.807, 2.05) is 53.4 Å². The summed E-state index contributed by atoms with van der Waals surface area (Å²) in [7, 11) is 1.59. The highest BCUT2D eigenvalue weighted by Crippen LogP contribution is 2.29. The number of rotatable bonds is 5. The number of likely N-dealkylation sites (tertiary alicyclic amines) is 1. The summed E-state index contributed by atoms with van der Waals surface area (Å²) < 4.78 is 11.3. The van der Waals surface area contributed by atoms with Crippen molar-refractivity contribution in [2.45, 2.75) is 25.4 Å². The van der Waals surface area contributed by atoms with Gasteiger partial charge in [-0.25, -0.2) is 9.97 Å². The van der Waals surface area contributed by atoms with Gasteiger partial charge in [0.25, 0.3) is 0 Å². The highest BCUT2D eigenvalue weighted by molar-refractivity contribution is 6.00. The van der Waals surface area contributed by atoms with Gasteiger partial charge in [0.15, 0.2) is 0 Å². The van der Waals surface area contributed by atoms with Gasteiger partial charge in [-0.05, 0) is 24.3 Å². The Hall–Kier alpha value is -3.68. The molecule has 0 aliphatic carbocycles. The molecule has 0 radical (unpaired) electrons. The predicted molar refractivity (Wildman–Crippen MR) is 123 cm³/mol. The van der Waals surface area contributed by atoms with Crippen LogP contribution in [0.1, 0.15) is 19.3 Å². The van der Waals surface area contributed by atoms with Crippen molar-refractivity contribution < 1.29 is 19.1 Å². The van der Waals surface area contributed by atoms with Crippen LogP contribution >= 0.6 is 0 Å². The number of nitrogens with zero attached hydrogens (tertiary/aromatic N) is 4. The van der Waals surface area contributed by atoms with Crippen LogP contribution in [0.15, 0.2) is 54.7 Å². The molecule has 33 heavy (non-hydrogen) atoms. The van der Waals surface area contributed by atoms with Crippen molar-refractivity contribution in [1.82, 2.24) is 14.9 Å². The molecule has 1 unspecified atom stereocenters. The van der Waals surface area contributed by atoms with Crippen molar-refractivity contribution in [2.75, 3.05) is 31.6 Å². The first-order valence-electron chi connectivity index (χ1n) is 11.2. The van der Waals surface area contributed by atoms with Crippen LogP contribution in [-0.2, 0) is 9.59 Å². The number of hydrogen-bond donors (Lipinski definition) is 0. The minimum atomic E-state index is -0.326. The molecule has 5 rings (SSSR count). The lowest BCUT2D eigenvalue weighted by Crippen LogP contribution is -2.45. The Balaban J connectivity index is 1.17. The van der Waals surface area contributed by atoms with Gasteiger partial charge >= 0.3 is 0 Å². The van der Waals surface area contributed by atoms with E-state index in [0.29, 0.717) is 31.3 Å². The fourth-order valence-electron chi connectivity index (χ4n) is 4.52. The SMILES string of the molecule is COc1cccc(N2CC(C(=O)N3CCC(Oc4cnc5ccccc5n4)CC3)CC2=O)c1. The summed E-state index contributed by atoms with van der Waals surface area (Å²) in [6, 6.07) is 15.1. The molecule has 2 aromatic carbocycles. The summed E-state index contributed by atoms with van der Waals surface area (Å²) in [5.41, 5.74) is 2.40. The molecule has 8 heteroatoms. The summed E-state index contributed by atoms with van der Waals surface area (Å²) in [6.45, 7) is 1.61. The van der Waals surface area contributed by atoms with Crippen LogP contribution in [0.4, 0.5) is 5.69 Å². The normalized spacial score (nSPS) is 19.2. The number of hydrogen-bond acceptors (Lipinski definition) is 6. The van der Waals surface area contributed by atoms with Gasteiger partial charge in [-0.1, -0.05) is 18.2 Å². The maximum atomic E-state index is 13.1. The van der Waals surface area contributed by atoms with Crippen molar-refractivity contribution in [3.63, 3.8) is 0 Å². The van der Waals surface area contributed by atoms with E-state index in [4.69, 9.17) is 9.47 Å². The van der Waals surface area contributed by atoms with Gasteiger partial charge in [0.2, 0.25) is 17.7 Å². The van der Waals surface area contributed by atoms with Crippen molar-refractivity contribution >= 4 is 28.5 Å². The van der Waals surface area contributed by atoms with Gasteiger partial charge in [0.1, 0.15) is 11.9 Å². The average Bonchev–Trinajstić information content (AvgIpc) is 3.25. The molecular weight excluding hydrogens is 420 g/mol. The van der Waals surface area contributed by atoms with Crippen LogP contribution in [0.3, 0.4) is 0 Å². The number of amides is 2. The lowest BCUT2D eigenvalue weighted by atomic mass is 10.0. The zero-order valence-corrected chi connectivity index (χ0v) is 18.5. The number of ether oxygens (including phenoxy) is 2. The molecule has 2 aliphatic rings. The third-order valence-corrected chi connectivity index (χ3v) is 6.31. The average molecular weight is 447 g/mol. The number of methoxy groups -OCH3 is 1. The van der Waals surface area contributed by atoms with Gasteiger partial charge in [0, 0.05) is 50.7 Å². The second-order valence-corrected chi connectivity index (χ2v) is 8.45. The Kier molecular flexibility index (Phi) is 5.81. The van der Waals surface area contributed by atoms with Gasteiger partial charge in [0.05, 0.1) is 30.3 Å². The Morgan fingerprint density at radius 2 is 1.85 bits per heavy atom. The fraction of sp³-hybridized carbons (Fsp3) is 0.360. The first-order valence-corrected chi connectivity index (χ1v) is 11.2. The second-order valence-electron chi connectivity index (χ2n) is 8.45. The molecule has 2 fully saturated rings. The molecule has 170 valence electrons. The van der Waals surface area contributed by atoms with Crippen molar-refractivity contribution in [2.24, 2.45) is 5.92 Å². The molecule has 0 N–H and O–H groups in total. The number of anilines is 1. The number of piperidine rings is 1. The molecule has 1 atom stereocenters. The number of para-hydroxylation sites is 2. The third kappa shape index (κ3) is 4.46. The molecule has 1 aromatic heterocycles. The van der Waals surface area contributed by atoms with Gasteiger partial charge in [-0.15, -0.1) is 0 Å². The van der Waals surface area contributed by atoms with Gasteiger partial charge in [-0.3, -0.25) is 9.59 Å². The molecule has 0 spiro atoms. The first kappa shape index (κ1) is 21.2. The molecule has 2 aliphatic heterocycles. The minimum Gasteiger partial charge on any atom is -0.497 e. The minimum absolute atomic E-state index is 0.0111. The van der Waals surface area contributed by atoms with E-state index in [1.54, 1.807) is 18.2 Å². The lowest BCUT2D eigenvalue weighted by Gasteiger charge is -2.33. The fourth-order valence-corrected chi connectivity index (χ4v) is 4.52. The molecule has 2 amide bonds. The highest BCUT2D eigenvalue weighted by atomic mass is 16.5. The Labute approximate surface area is 192 Å². The summed E-state index contributed by atoms with van der Waals surface area (Å²) in [4.78, 5) is 38.2. The number of carbonyl (C=O) groups excluding carboxylic acids is 2. The van der Waals surface area contributed by atoms with E-state index in [-0.39, 0.29) is 30.3 Å². The predicted octanol–water partition coefficient (Wildman–Crippen LogP) is 3.06. The quantitative estimate of drug-likeness (QED) is 0.599. The standard InChI is InChI=1S/C25H26N4O4/c1-32-20-6-4-5-18(14-20)29-16-17(13-24(29)30)25(31)28-11-9-19(10-12-28)33-23-15-26-21-7-2-3-8-22(21)27-23/h2-8,14-15,17,19H,9-13,16H2,1H3. The number of benzene rings is 2. The number of carbonyl (C=O) groups is 2. The highest BCUT2D eigenvalue weighted by Gasteiger charge is 2.38. The van der Waals surface area contributed by atoms with E-state index in [1.165, 1.54) is 0 Å². The van der Waals surface area contributed by atoms with Crippen LogP contribution in [0.5, 0.6) is 11.6 Å². The maximum Gasteiger partial charge on any atom is 0.233 e. The molecular formula is C25H26N4O4. The van der Waals surface area contributed by atoms with E-state index in [0.717, 1.165) is 29.6 Å². The molecule has 3 heterocycles. The van der Waals surface area contributed by atoms with Crippen LogP contribution in [0.25, 0.3) is 11.0 Å². The van der Waals surface area contributed by atoms with Gasteiger partial charge < -0.3 is 19.3 Å². The molecule has 0 bridgehead atoms. The van der Waals surface area contributed by atoms with E-state index in [2.05, 4.69) is 9.97 Å². The maximum absolute atomic E-state index is 13.1. The largest absolute Gasteiger partial charge is 0.497 e. The van der Waals surface area contributed by atoms with E-state index in [9.17, 15) is 9.59 Å². The van der Waals surface area contributed by atoms with Crippen LogP contribution in [0, 0.1) is 5.92 Å². The zero-order chi connectivity index (χ0) is 22.8. The van der Waals surface area contributed by atoms with E-state index >= 15 is 0 Å². The Morgan fingerprint density at radius 1 is 1.06 bits per heavy atom. The second kappa shape index (κ2) is 9.05. The van der Waals surface area contributed by atoms with Gasteiger partial charge in [-0.2, -0.15) is 0 Å². The van der Waals surface area contributed by atoms with Crippen molar-refractivity contribution in [1.29, 1.82) is 0 Å². The lowest BCUT2D eigenvalue weighted by molar-refractivity contribution is -0.137. The summed E-state index contributed by atoms with van der Waals surface area (Å²) >= 11 is 0. The van der Waals surface area contributed by atoms with Crippen molar-refractivity contribution in [3.8, 4) is 11.6 Å². The summed E-state index contributed by atoms with van der Waals surface area (Å²) in [5, 5.41) is 0. The molecule has 3 aromatic rings. The van der Waals surface area contributed by atoms with Crippen LogP contribution in [0.2, 0.25) is 0 Å². The Morgan fingerprint density at radius 3 is 2.64 bits per heavy atom. The molecule has 8 nitrogen and oxygen atoms in total. The zero-order valence-electron chi connectivity index (χ0n) is 18.5. The topological polar surface area (TPSA) is 84.9 Å². The third-order valence-electron chi connectivity index (χ3n) is 6.31. The summed E-state index contributed by atoms with van der Waals surface area (Å²) in [6.07, 6.45) is 3.32. The van der Waals surface area contributed by atoms with Crippen molar-refractivity contribution in [3.05, 3.63) is 54.7 Å².